The summed E-state index contributed by atoms with van der Waals surface area (Å²) >= 11 is 0. The van der Waals surface area contributed by atoms with Crippen molar-refractivity contribution in [1.82, 2.24) is 10.4 Å². The number of nitrogens with zero attached hydrogens (tertiary/aromatic N) is 1. The van der Waals surface area contributed by atoms with Crippen LogP contribution in [0.2, 0.25) is 0 Å². The van der Waals surface area contributed by atoms with Crippen LogP contribution >= 0.6 is 0 Å². The molecule has 0 saturated carbocycles. The van der Waals surface area contributed by atoms with E-state index in [1.165, 1.54) is 5.01 Å². The van der Waals surface area contributed by atoms with E-state index in [4.69, 9.17) is 5.11 Å². The Balaban J connectivity index is 2.67. The Morgan fingerprint density at radius 1 is 1.64 bits per heavy atom. The summed E-state index contributed by atoms with van der Waals surface area (Å²) in [6.45, 7) is 6.53. The number of carboxylic acids is 1. The minimum atomic E-state index is -0.951. The minimum Gasteiger partial charge on any atom is -0.480 e. The van der Waals surface area contributed by atoms with Crippen LogP contribution in [0.4, 0.5) is 0 Å². The van der Waals surface area contributed by atoms with Gasteiger partial charge >= 0.3 is 5.97 Å². The van der Waals surface area contributed by atoms with Gasteiger partial charge in [-0.1, -0.05) is 20.8 Å². The molecule has 1 atom stereocenters. The topological polar surface area (TPSA) is 69.6 Å². The SMILES string of the molecule is CC(C)(C)CN1NC(=O)CC1C(=O)O. The van der Waals surface area contributed by atoms with E-state index in [0.717, 1.165) is 0 Å². The summed E-state index contributed by atoms with van der Waals surface area (Å²) in [6.07, 6.45) is 0.0470. The van der Waals surface area contributed by atoms with E-state index in [1.807, 2.05) is 20.8 Å². The van der Waals surface area contributed by atoms with Gasteiger partial charge in [-0.05, 0) is 5.41 Å². The third-order valence-electron chi connectivity index (χ3n) is 1.95. The molecule has 5 nitrogen and oxygen atoms in total. The molecule has 80 valence electrons. The summed E-state index contributed by atoms with van der Waals surface area (Å²) in [5, 5.41) is 10.4. The Morgan fingerprint density at radius 3 is 2.64 bits per heavy atom. The van der Waals surface area contributed by atoms with Crippen LogP contribution < -0.4 is 5.43 Å². The minimum absolute atomic E-state index is 0.0364. The van der Waals surface area contributed by atoms with Crippen molar-refractivity contribution in [3.8, 4) is 0 Å². The van der Waals surface area contributed by atoms with E-state index in [9.17, 15) is 9.59 Å². The second-order valence-electron chi connectivity index (χ2n) is 4.78. The molecule has 0 aromatic rings. The molecule has 0 aromatic heterocycles. The van der Waals surface area contributed by atoms with Crippen molar-refractivity contribution in [2.75, 3.05) is 6.54 Å². The number of carbonyl (C=O) groups is 2. The van der Waals surface area contributed by atoms with E-state index in [2.05, 4.69) is 5.43 Å². The molecular formula is C9H16N2O3. The number of aliphatic carboxylic acids is 1. The van der Waals surface area contributed by atoms with Gasteiger partial charge in [0.25, 0.3) is 0 Å². The van der Waals surface area contributed by atoms with E-state index >= 15 is 0 Å². The van der Waals surface area contributed by atoms with Crippen LogP contribution in [-0.4, -0.2) is 34.6 Å². The zero-order chi connectivity index (χ0) is 10.9. The van der Waals surface area contributed by atoms with Gasteiger partial charge in [0.05, 0.1) is 6.42 Å². The Labute approximate surface area is 83.1 Å². The molecule has 1 saturated heterocycles. The quantitative estimate of drug-likeness (QED) is 0.669. The van der Waals surface area contributed by atoms with E-state index in [-0.39, 0.29) is 17.7 Å². The Bertz CT molecular complexity index is 257. The molecule has 1 heterocycles. The van der Waals surface area contributed by atoms with Gasteiger partial charge in [-0.25, -0.2) is 5.01 Å². The van der Waals surface area contributed by atoms with Crippen LogP contribution in [0.3, 0.4) is 0 Å². The van der Waals surface area contributed by atoms with Crippen molar-refractivity contribution >= 4 is 11.9 Å². The Hall–Kier alpha value is -1.10. The second-order valence-corrected chi connectivity index (χ2v) is 4.78. The molecule has 1 aliphatic rings. The van der Waals surface area contributed by atoms with Gasteiger partial charge in [-0.3, -0.25) is 15.0 Å². The molecule has 1 unspecified atom stereocenters. The largest absolute Gasteiger partial charge is 0.480 e. The highest BCUT2D eigenvalue weighted by Gasteiger charge is 2.37. The zero-order valence-corrected chi connectivity index (χ0v) is 8.70. The number of hydrogen-bond donors (Lipinski definition) is 2. The maximum atomic E-state index is 11.0. The average Bonchev–Trinajstić information content (AvgIpc) is 2.27. The van der Waals surface area contributed by atoms with Crippen molar-refractivity contribution in [2.45, 2.75) is 33.2 Å². The normalized spacial score (nSPS) is 23.6. The molecule has 0 bridgehead atoms. The molecule has 14 heavy (non-hydrogen) atoms. The van der Waals surface area contributed by atoms with Crippen LogP contribution in [0.15, 0.2) is 0 Å². The van der Waals surface area contributed by atoms with Crippen molar-refractivity contribution in [1.29, 1.82) is 0 Å². The summed E-state index contributed by atoms with van der Waals surface area (Å²) in [5.74, 6) is -1.17. The van der Waals surface area contributed by atoms with E-state index in [1.54, 1.807) is 0 Å². The molecule has 0 radical (unpaired) electrons. The summed E-state index contributed by atoms with van der Waals surface area (Å²) in [6, 6.07) is -0.721. The molecule has 5 heteroatoms. The van der Waals surface area contributed by atoms with Gasteiger partial charge in [-0.2, -0.15) is 0 Å². The highest BCUT2D eigenvalue weighted by Crippen LogP contribution is 2.19. The van der Waals surface area contributed by atoms with Crippen LogP contribution in [-0.2, 0) is 9.59 Å². The summed E-state index contributed by atoms with van der Waals surface area (Å²) in [7, 11) is 0. The first kappa shape index (κ1) is 11.0. The lowest BCUT2D eigenvalue weighted by atomic mass is 9.96. The fourth-order valence-electron chi connectivity index (χ4n) is 1.45. The third-order valence-corrected chi connectivity index (χ3v) is 1.95. The lowest BCUT2D eigenvalue weighted by Gasteiger charge is -2.28. The molecule has 0 aromatic carbocycles. The van der Waals surface area contributed by atoms with E-state index < -0.39 is 12.0 Å². The van der Waals surface area contributed by atoms with Crippen LogP contribution in [0.25, 0.3) is 0 Å². The third kappa shape index (κ3) is 2.70. The van der Waals surface area contributed by atoms with Crippen molar-refractivity contribution in [3.05, 3.63) is 0 Å². The van der Waals surface area contributed by atoms with Crippen LogP contribution in [0, 0.1) is 5.41 Å². The monoisotopic (exact) mass is 200 g/mol. The smallest absolute Gasteiger partial charge is 0.323 e. The Morgan fingerprint density at radius 2 is 2.21 bits per heavy atom. The zero-order valence-electron chi connectivity index (χ0n) is 8.70. The molecule has 0 spiro atoms. The fourth-order valence-corrected chi connectivity index (χ4v) is 1.45. The maximum absolute atomic E-state index is 11.0. The molecule has 0 aliphatic carbocycles. The van der Waals surface area contributed by atoms with Crippen LogP contribution in [0.1, 0.15) is 27.2 Å². The van der Waals surface area contributed by atoms with E-state index in [0.29, 0.717) is 6.54 Å². The average molecular weight is 200 g/mol. The number of hydrogen-bond acceptors (Lipinski definition) is 3. The maximum Gasteiger partial charge on any atom is 0.323 e. The molecule has 1 fully saturated rings. The predicted molar refractivity (Wildman–Crippen MR) is 50.3 cm³/mol. The number of amides is 1. The summed E-state index contributed by atoms with van der Waals surface area (Å²) in [4.78, 5) is 21.8. The standard InChI is InChI=1S/C9H16N2O3/c1-9(2,3)5-11-6(8(13)14)4-7(12)10-11/h6H,4-5H2,1-3H3,(H,10,12)(H,13,14). The van der Waals surface area contributed by atoms with Crippen molar-refractivity contribution in [2.24, 2.45) is 5.41 Å². The van der Waals surface area contributed by atoms with Crippen LogP contribution in [0.5, 0.6) is 0 Å². The predicted octanol–water partition coefficient (Wildman–Crippen LogP) is 0.223. The number of hydrazine groups is 1. The van der Waals surface area contributed by atoms with Gasteiger partial charge < -0.3 is 5.11 Å². The van der Waals surface area contributed by atoms with Gasteiger partial charge in [0.2, 0.25) is 5.91 Å². The first-order chi connectivity index (χ1) is 6.29. The fraction of sp³-hybridized carbons (Fsp3) is 0.778. The van der Waals surface area contributed by atoms with Gasteiger partial charge in [-0.15, -0.1) is 0 Å². The number of nitrogens with one attached hydrogen (secondary N) is 1. The first-order valence-corrected chi connectivity index (χ1v) is 4.58. The molecule has 1 amide bonds. The highest BCUT2D eigenvalue weighted by atomic mass is 16.4. The summed E-state index contributed by atoms with van der Waals surface area (Å²) in [5.41, 5.74) is 2.52. The van der Waals surface area contributed by atoms with Crippen molar-refractivity contribution in [3.63, 3.8) is 0 Å². The number of rotatable bonds is 2. The summed E-state index contributed by atoms with van der Waals surface area (Å²) < 4.78 is 0. The molecule has 1 aliphatic heterocycles. The Kier molecular flexibility index (Phi) is 2.80. The van der Waals surface area contributed by atoms with Crippen molar-refractivity contribution < 1.29 is 14.7 Å². The van der Waals surface area contributed by atoms with Gasteiger partial charge in [0.15, 0.2) is 0 Å². The number of carboxylic acid groups (broad SMARTS) is 1. The first-order valence-electron chi connectivity index (χ1n) is 4.58. The second kappa shape index (κ2) is 3.57. The number of carbonyl (C=O) groups excluding carboxylic acids is 1. The van der Waals surface area contributed by atoms with Gasteiger partial charge in [0.1, 0.15) is 6.04 Å². The van der Waals surface area contributed by atoms with Gasteiger partial charge in [0, 0.05) is 6.54 Å². The molecular weight excluding hydrogens is 184 g/mol. The lowest BCUT2D eigenvalue weighted by Crippen LogP contribution is -2.46. The highest BCUT2D eigenvalue weighted by molar-refractivity contribution is 5.87. The lowest BCUT2D eigenvalue weighted by molar-refractivity contribution is -0.143. The molecule has 2 N–H and O–H groups in total. The molecule has 1 rings (SSSR count).